The van der Waals surface area contributed by atoms with Crippen LogP contribution < -0.4 is 5.32 Å². The molecule has 1 aliphatic rings. The van der Waals surface area contributed by atoms with Gasteiger partial charge in [-0.3, -0.25) is 4.79 Å². The van der Waals surface area contributed by atoms with Gasteiger partial charge in [-0.05, 0) is 37.5 Å². The monoisotopic (exact) mass is 258 g/mol. The van der Waals surface area contributed by atoms with Gasteiger partial charge < -0.3 is 10.1 Å². The maximum atomic E-state index is 12.0. The highest BCUT2D eigenvalue weighted by Gasteiger charge is 2.29. The van der Waals surface area contributed by atoms with Gasteiger partial charge in [0.25, 0.3) is 0 Å². The van der Waals surface area contributed by atoms with Crippen molar-refractivity contribution in [1.29, 1.82) is 5.26 Å². The van der Waals surface area contributed by atoms with Crippen LogP contribution in [0.4, 0.5) is 0 Å². The van der Waals surface area contributed by atoms with Crippen LogP contribution in [0.15, 0.2) is 24.3 Å². The van der Waals surface area contributed by atoms with Crippen molar-refractivity contribution in [3.05, 3.63) is 35.4 Å². The molecule has 4 nitrogen and oxygen atoms in total. The van der Waals surface area contributed by atoms with Gasteiger partial charge in [-0.2, -0.15) is 5.26 Å². The highest BCUT2D eigenvalue weighted by Crippen LogP contribution is 2.18. The molecule has 19 heavy (non-hydrogen) atoms. The number of hydrogen-bond donors (Lipinski definition) is 1. The third-order valence-corrected chi connectivity index (χ3v) is 3.33. The normalized spacial score (nSPS) is 22.5. The van der Waals surface area contributed by atoms with E-state index in [4.69, 9.17) is 10.00 Å². The Labute approximate surface area is 113 Å². The fraction of sp³-hybridized carbons (Fsp3) is 0.467. The fourth-order valence-corrected chi connectivity index (χ4v) is 2.30. The quantitative estimate of drug-likeness (QED) is 0.899. The van der Waals surface area contributed by atoms with E-state index in [1.54, 1.807) is 12.1 Å². The van der Waals surface area contributed by atoms with Crippen LogP contribution in [0.25, 0.3) is 0 Å². The zero-order chi connectivity index (χ0) is 13.7. The topological polar surface area (TPSA) is 62.1 Å². The maximum Gasteiger partial charge on any atom is 0.224 e. The van der Waals surface area contributed by atoms with Crippen LogP contribution >= 0.6 is 0 Å². The Morgan fingerprint density at radius 1 is 1.47 bits per heavy atom. The number of nitrogens with one attached hydrogen (secondary N) is 1. The number of carbonyl (C=O) groups is 1. The molecular formula is C15H18N2O2. The third kappa shape index (κ3) is 3.80. The summed E-state index contributed by atoms with van der Waals surface area (Å²) in [6, 6.07) is 9.16. The molecule has 1 unspecified atom stereocenters. The average molecular weight is 258 g/mol. The van der Waals surface area contributed by atoms with Gasteiger partial charge in [-0.1, -0.05) is 12.1 Å². The van der Waals surface area contributed by atoms with Crippen molar-refractivity contribution in [2.75, 3.05) is 13.2 Å². The third-order valence-electron chi connectivity index (χ3n) is 3.33. The molecule has 0 aliphatic carbocycles. The van der Waals surface area contributed by atoms with Crippen molar-refractivity contribution in [1.82, 2.24) is 5.32 Å². The fourth-order valence-electron chi connectivity index (χ4n) is 2.30. The molecule has 1 fully saturated rings. The molecule has 1 aliphatic heterocycles. The summed E-state index contributed by atoms with van der Waals surface area (Å²) in [7, 11) is 0. The summed E-state index contributed by atoms with van der Waals surface area (Å²) in [6.45, 7) is 3.37. The molecular weight excluding hydrogens is 240 g/mol. The first-order chi connectivity index (χ1) is 9.11. The number of amides is 1. The maximum absolute atomic E-state index is 12.0. The van der Waals surface area contributed by atoms with E-state index in [-0.39, 0.29) is 11.4 Å². The summed E-state index contributed by atoms with van der Waals surface area (Å²) in [5.41, 5.74) is 1.27. The van der Waals surface area contributed by atoms with E-state index >= 15 is 0 Å². The summed E-state index contributed by atoms with van der Waals surface area (Å²) in [5.74, 6) is -0.00212. The summed E-state index contributed by atoms with van der Waals surface area (Å²) >= 11 is 0. The van der Waals surface area contributed by atoms with E-state index in [2.05, 4.69) is 11.4 Å². The molecule has 0 radical (unpaired) electrons. The van der Waals surface area contributed by atoms with Gasteiger partial charge >= 0.3 is 0 Å². The molecule has 1 heterocycles. The van der Waals surface area contributed by atoms with Gasteiger partial charge in [0.15, 0.2) is 0 Å². The van der Waals surface area contributed by atoms with E-state index in [0.29, 0.717) is 18.6 Å². The minimum Gasteiger partial charge on any atom is -0.379 e. The van der Waals surface area contributed by atoms with Gasteiger partial charge in [0.1, 0.15) is 0 Å². The number of nitrogens with zero attached hydrogens (tertiary/aromatic N) is 1. The van der Waals surface area contributed by atoms with Crippen LogP contribution in [0.2, 0.25) is 0 Å². The molecule has 0 bridgehead atoms. The Balaban J connectivity index is 1.91. The van der Waals surface area contributed by atoms with Gasteiger partial charge in [0.2, 0.25) is 5.91 Å². The zero-order valence-corrected chi connectivity index (χ0v) is 11.1. The van der Waals surface area contributed by atoms with E-state index < -0.39 is 0 Å². The summed E-state index contributed by atoms with van der Waals surface area (Å²) < 4.78 is 5.42. The minimum absolute atomic E-state index is 0.00212. The van der Waals surface area contributed by atoms with Crippen LogP contribution in [0, 0.1) is 11.3 Å². The molecule has 1 atom stereocenters. The smallest absolute Gasteiger partial charge is 0.224 e. The predicted molar refractivity (Wildman–Crippen MR) is 71.5 cm³/mol. The minimum atomic E-state index is -0.248. The number of benzene rings is 1. The Kier molecular flexibility index (Phi) is 4.18. The van der Waals surface area contributed by atoms with Crippen LogP contribution in [0.5, 0.6) is 0 Å². The van der Waals surface area contributed by atoms with Crippen molar-refractivity contribution in [2.45, 2.75) is 31.7 Å². The molecule has 1 aromatic carbocycles. The van der Waals surface area contributed by atoms with Gasteiger partial charge in [0, 0.05) is 6.61 Å². The second kappa shape index (κ2) is 5.85. The largest absolute Gasteiger partial charge is 0.379 e. The molecule has 4 heteroatoms. The molecule has 0 saturated carbocycles. The molecule has 1 aromatic rings. The second-order valence-electron chi connectivity index (χ2n) is 5.25. The molecule has 0 aromatic heterocycles. The van der Waals surface area contributed by atoms with E-state index in [1.165, 1.54) is 0 Å². The Morgan fingerprint density at radius 3 is 2.79 bits per heavy atom. The highest BCUT2D eigenvalue weighted by molar-refractivity contribution is 5.79. The summed E-state index contributed by atoms with van der Waals surface area (Å²) in [5, 5.41) is 11.8. The summed E-state index contributed by atoms with van der Waals surface area (Å²) in [6.07, 6.45) is 2.26. The Morgan fingerprint density at radius 2 is 2.21 bits per heavy atom. The number of carbonyl (C=O) groups excluding carboxylic acids is 1. The number of rotatable bonds is 3. The van der Waals surface area contributed by atoms with Crippen molar-refractivity contribution in [3.63, 3.8) is 0 Å². The lowest BCUT2D eigenvalue weighted by molar-refractivity contribution is -0.124. The standard InChI is InChI=1S/C15H18N2O2/c1-15(7-2-8-19-11-15)17-14(18)9-12-3-5-13(10-16)6-4-12/h3-6H,2,7-9,11H2,1H3,(H,17,18). The van der Waals surface area contributed by atoms with Gasteiger partial charge in [0.05, 0.1) is 30.2 Å². The molecule has 1 N–H and O–H groups in total. The number of nitriles is 1. The second-order valence-corrected chi connectivity index (χ2v) is 5.25. The van der Waals surface area contributed by atoms with Crippen molar-refractivity contribution in [2.24, 2.45) is 0 Å². The van der Waals surface area contributed by atoms with Crippen molar-refractivity contribution in [3.8, 4) is 6.07 Å². The van der Waals surface area contributed by atoms with Crippen LogP contribution in [0.1, 0.15) is 30.9 Å². The van der Waals surface area contributed by atoms with E-state index in [0.717, 1.165) is 25.0 Å². The highest BCUT2D eigenvalue weighted by atomic mass is 16.5. The van der Waals surface area contributed by atoms with E-state index in [9.17, 15) is 4.79 Å². The Bertz CT molecular complexity index is 482. The van der Waals surface area contributed by atoms with Crippen LogP contribution in [-0.2, 0) is 16.0 Å². The lowest BCUT2D eigenvalue weighted by Crippen LogP contribution is -2.52. The molecule has 1 amide bonds. The molecule has 1 saturated heterocycles. The molecule has 0 spiro atoms. The van der Waals surface area contributed by atoms with Crippen molar-refractivity contribution < 1.29 is 9.53 Å². The number of ether oxygens (including phenoxy) is 1. The lowest BCUT2D eigenvalue weighted by Gasteiger charge is -2.34. The Hall–Kier alpha value is -1.86. The van der Waals surface area contributed by atoms with Crippen LogP contribution in [-0.4, -0.2) is 24.7 Å². The van der Waals surface area contributed by atoms with Crippen molar-refractivity contribution >= 4 is 5.91 Å². The average Bonchev–Trinajstić information content (AvgIpc) is 2.39. The number of hydrogen-bond acceptors (Lipinski definition) is 3. The SMILES string of the molecule is CC1(NC(=O)Cc2ccc(C#N)cc2)CCCOC1. The zero-order valence-electron chi connectivity index (χ0n) is 11.1. The van der Waals surface area contributed by atoms with Gasteiger partial charge in [-0.25, -0.2) is 0 Å². The first-order valence-corrected chi connectivity index (χ1v) is 6.49. The van der Waals surface area contributed by atoms with Crippen LogP contribution in [0.3, 0.4) is 0 Å². The predicted octanol–water partition coefficient (Wildman–Crippen LogP) is 1.79. The van der Waals surface area contributed by atoms with Gasteiger partial charge in [-0.15, -0.1) is 0 Å². The summed E-state index contributed by atoms with van der Waals surface area (Å²) in [4.78, 5) is 12.0. The molecule has 2 rings (SSSR count). The lowest BCUT2D eigenvalue weighted by atomic mass is 9.94. The first kappa shape index (κ1) is 13.6. The molecule has 100 valence electrons. The first-order valence-electron chi connectivity index (χ1n) is 6.49. The van der Waals surface area contributed by atoms with E-state index in [1.807, 2.05) is 19.1 Å².